The molecule has 20 heavy (non-hydrogen) atoms. The Morgan fingerprint density at radius 2 is 1.95 bits per heavy atom. The van der Waals surface area contributed by atoms with Crippen molar-refractivity contribution >= 4 is 11.6 Å². The monoisotopic (exact) mass is 302 g/mol. The molecule has 0 amide bonds. The maximum Gasteiger partial charge on any atom is 0.165 e. The van der Waals surface area contributed by atoms with Crippen molar-refractivity contribution < 1.29 is 14.6 Å². The fourth-order valence-electron chi connectivity index (χ4n) is 1.82. The van der Waals surface area contributed by atoms with Crippen molar-refractivity contribution in [1.29, 1.82) is 0 Å². The molecule has 114 valence electrons. The third kappa shape index (κ3) is 5.54. The Bertz CT molecular complexity index is 402. The zero-order valence-electron chi connectivity index (χ0n) is 12.0. The first-order chi connectivity index (χ1) is 9.72. The van der Waals surface area contributed by atoms with Gasteiger partial charge in [0.05, 0.1) is 20.3 Å². The molecule has 1 rings (SSSR count). The normalized spacial score (nSPS) is 10.6. The number of hydrogen-bond acceptors (Lipinski definition) is 5. The highest BCUT2D eigenvalue weighted by molar-refractivity contribution is 6.30. The largest absolute Gasteiger partial charge is 0.493 e. The molecular formula is C14H23ClN2O3. The van der Waals surface area contributed by atoms with Crippen LogP contribution < -0.4 is 20.1 Å². The Kier molecular flexibility index (Phi) is 8.37. The van der Waals surface area contributed by atoms with Crippen LogP contribution in [0.25, 0.3) is 0 Å². The van der Waals surface area contributed by atoms with E-state index in [-0.39, 0.29) is 6.61 Å². The highest BCUT2D eigenvalue weighted by atomic mass is 35.5. The lowest BCUT2D eigenvalue weighted by Gasteiger charge is -2.15. The number of methoxy groups -OCH3 is 1. The quantitative estimate of drug-likeness (QED) is 0.571. The lowest BCUT2D eigenvalue weighted by Crippen LogP contribution is -2.28. The number of halogens is 1. The Morgan fingerprint density at radius 1 is 1.20 bits per heavy atom. The zero-order chi connectivity index (χ0) is 14.8. The molecule has 0 aliphatic carbocycles. The van der Waals surface area contributed by atoms with Gasteiger partial charge in [0.1, 0.15) is 0 Å². The summed E-state index contributed by atoms with van der Waals surface area (Å²) in [4.78, 5) is 0. The van der Waals surface area contributed by atoms with Crippen molar-refractivity contribution in [1.82, 2.24) is 10.6 Å². The minimum atomic E-state index is 0.153. The molecule has 3 N–H and O–H groups in total. The molecule has 0 aliphatic heterocycles. The standard InChI is InChI=1S/C14H23ClN2O3/c1-3-20-14-11(8-12(15)9-13(14)19-2)10-17-5-4-16-6-7-18/h8-9,16-18H,3-7,10H2,1-2H3. The Hall–Kier alpha value is -1.01. The van der Waals surface area contributed by atoms with Gasteiger partial charge in [-0.25, -0.2) is 0 Å². The second-order valence-corrected chi connectivity index (χ2v) is 4.62. The predicted octanol–water partition coefficient (Wildman–Crippen LogP) is 1.42. The Balaban J connectivity index is 2.60. The van der Waals surface area contributed by atoms with Gasteiger partial charge in [0, 0.05) is 42.8 Å². The van der Waals surface area contributed by atoms with E-state index in [4.69, 9.17) is 26.2 Å². The fourth-order valence-corrected chi connectivity index (χ4v) is 2.05. The number of aliphatic hydroxyl groups excluding tert-OH is 1. The molecule has 5 nitrogen and oxygen atoms in total. The van der Waals surface area contributed by atoms with Crippen LogP contribution in [0.1, 0.15) is 12.5 Å². The van der Waals surface area contributed by atoms with Gasteiger partial charge in [0.25, 0.3) is 0 Å². The summed E-state index contributed by atoms with van der Waals surface area (Å²) in [6, 6.07) is 3.63. The molecule has 0 aromatic heterocycles. The van der Waals surface area contributed by atoms with E-state index in [2.05, 4.69) is 10.6 Å². The second-order valence-electron chi connectivity index (χ2n) is 4.18. The summed E-state index contributed by atoms with van der Waals surface area (Å²) in [6.07, 6.45) is 0. The number of aliphatic hydroxyl groups is 1. The van der Waals surface area contributed by atoms with Crippen molar-refractivity contribution in [3.8, 4) is 11.5 Å². The molecule has 0 aliphatic rings. The summed E-state index contributed by atoms with van der Waals surface area (Å²) in [5, 5.41) is 15.7. The van der Waals surface area contributed by atoms with E-state index in [0.29, 0.717) is 30.5 Å². The summed E-state index contributed by atoms with van der Waals surface area (Å²) in [5.41, 5.74) is 0.971. The maximum atomic E-state index is 8.66. The lowest BCUT2D eigenvalue weighted by molar-refractivity contribution is 0.292. The molecule has 0 saturated heterocycles. The number of ether oxygens (including phenoxy) is 2. The van der Waals surface area contributed by atoms with Crippen LogP contribution in [0, 0.1) is 0 Å². The number of hydrogen-bond donors (Lipinski definition) is 3. The minimum Gasteiger partial charge on any atom is -0.493 e. The van der Waals surface area contributed by atoms with Gasteiger partial charge in [-0.3, -0.25) is 0 Å². The van der Waals surface area contributed by atoms with Gasteiger partial charge < -0.3 is 25.2 Å². The predicted molar refractivity (Wildman–Crippen MR) is 80.8 cm³/mol. The summed E-state index contributed by atoms with van der Waals surface area (Å²) in [7, 11) is 1.60. The molecule has 0 atom stereocenters. The molecule has 6 heteroatoms. The molecule has 0 fully saturated rings. The smallest absolute Gasteiger partial charge is 0.165 e. The van der Waals surface area contributed by atoms with E-state index in [0.717, 1.165) is 24.4 Å². The third-order valence-corrected chi connectivity index (χ3v) is 2.91. The second kappa shape index (κ2) is 9.83. The van der Waals surface area contributed by atoms with Gasteiger partial charge in [0.15, 0.2) is 11.5 Å². The third-order valence-electron chi connectivity index (χ3n) is 2.69. The Labute approximate surface area is 125 Å². The summed E-state index contributed by atoms with van der Waals surface area (Å²) < 4.78 is 10.9. The van der Waals surface area contributed by atoms with Crippen LogP contribution in [0.2, 0.25) is 5.02 Å². The van der Waals surface area contributed by atoms with Gasteiger partial charge >= 0.3 is 0 Å². The number of nitrogens with one attached hydrogen (secondary N) is 2. The maximum absolute atomic E-state index is 8.66. The molecule has 0 heterocycles. The summed E-state index contributed by atoms with van der Waals surface area (Å²) in [5.74, 6) is 1.38. The number of rotatable bonds is 10. The first-order valence-electron chi connectivity index (χ1n) is 6.74. The molecule has 1 aromatic rings. The van der Waals surface area contributed by atoms with E-state index < -0.39 is 0 Å². The molecule has 0 spiro atoms. The highest BCUT2D eigenvalue weighted by Gasteiger charge is 2.12. The van der Waals surface area contributed by atoms with E-state index in [1.807, 2.05) is 13.0 Å². The van der Waals surface area contributed by atoms with Gasteiger partial charge in [0.2, 0.25) is 0 Å². The Morgan fingerprint density at radius 3 is 2.60 bits per heavy atom. The summed E-state index contributed by atoms with van der Waals surface area (Å²) >= 11 is 6.08. The summed E-state index contributed by atoms with van der Waals surface area (Å²) in [6.45, 7) is 5.50. The lowest BCUT2D eigenvalue weighted by atomic mass is 10.2. The molecule has 1 aromatic carbocycles. The van der Waals surface area contributed by atoms with Crippen LogP contribution in [0.3, 0.4) is 0 Å². The van der Waals surface area contributed by atoms with Gasteiger partial charge in [-0.15, -0.1) is 0 Å². The molecular weight excluding hydrogens is 280 g/mol. The highest BCUT2D eigenvalue weighted by Crippen LogP contribution is 2.34. The molecule has 0 bridgehead atoms. The molecule has 0 unspecified atom stereocenters. The number of benzene rings is 1. The van der Waals surface area contributed by atoms with Crippen LogP contribution in [0.5, 0.6) is 11.5 Å². The topological polar surface area (TPSA) is 62.8 Å². The van der Waals surface area contributed by atoms with E-state index in [9.17, 15) is 0 Å². The minimum absolute atomic E-state index is 0.153. The molecule has 0 saturated carbocycles. The fraction of sp³-hybridized carbons (Fsp3) is 0.571. The van der Waals surface area contributed by atoms with Crippen LogP contribution in [-0.2, 0) is 6.54 Å². The SMILES string of the molecule is CCOc1c(CNCCNCCO)cc(Cl)cc1OC. The van der Waals surface area contributed by atoms with Crippen molar-refractivity contribution in [3.63, 3.8) is 0 Å². The van der Waals surface area contributed by atoms with Crippen LogP contribution in [0.4, 0.5) is 0 Å². The first-order valence-corrected chi connectivity index (χ1v) is 7.12. The van der Waals surface area contributed by atoms with Crippen molar-refractivity contribution in [2.45, 2.75) is 13.5 Å². The van der Waals surface area contributed by atoms with Gasteiger partial charge in [-0.05, 0) is 13.0 Å². The van der Waals surface area contributed by atoms with Gasteiger partial charge in [-0.1, -0.05) is 11.6 Å². The average Bonchev–Trinajstić information content (AvgIpc) is 2.45. The van der Waals surface area contributed by atoms with Crippen LogP contribution in [0.15, 0.2) is 12.1 Å². The van der Waals surface area contributed by atoms with Crippen LogP contribution in [-0.4, -0.2) is 45.1 Å². The van der Waals surface area contributed by atoms with Crippen molar-refractivity contribution in [2.24, 2.45) is 0 Å². The van der Waals surface area contributed by atoms with Crippen molar-refractivity contribution in [2.75, 3.05) is 40.0 Å². The van der Waals surface area contributed by atoms with Crippen molar-refractivity contribution in [3.05, 3.63) is 22.7 Å². The molecule has 0 radical (unpaired) electrons. The van der Waals surface area contributed by atoms with Gasteiger partial charge in [-0.2, -0.15) is 0 Å². The van der Waals surface area contributed by atoms with E-state index in [1.165, 1.54) is 0 Å². The van der Waals surface area contributed by atoms with E-state index in [1.54, 1.807) is 13.2 Å². The van der Waals surface area contributed by atoms with Crippen LogP contribution >= 0.6 is 11.6 Å². The van der Waals surface area contributed by atoms with E-state index >= 15 is 0 Å². The zero-order valence-corrected chi connectivity index (χ0v) is 12.8. The first kappa shape index (κ1) is 17.0. The average molecular weight is 303 g/mol.